The molecular formula is C8H11Br3O. The Balaban J connectivity index is 3.81. The quantitative estimate of drug-likeness (QED) is 0.520. The molecule has 0 unspecified atom stereocenters. The van der Waals surface area contributed by atoms with Crippen molar-refractivity contribution >= 4 is 53.6 Å². The van der Waals surface area contributed by atoms with E-state index >= 15 is 0 Å². The highest BCUT2D eigenvalue weighted by Gasteiger charge is 2.08. The molecule has 0 aromatic rings. The third-order valence-electron chi connectivity index (χ3n) is 1.42. The maximum Gasteiger partial charge on any atom is 0.171 e. The molecular weight excluding hydrogens is 352 g/mol. The van der Waals surface area contributed by atoms with Crippen molar-refractivity contribution in [2.45, 2.75) is 32.6 Å². The Morgan fingerprint density at radius 3 is 2.17 bits per heavy atom. The molecule has 0 fully saturated rings. The molecule has 0 amide bonds. The standard InChI is InChI=1S/C8H11Br3O/c1-2-3-4-5-6(12)7(9)8(10)11/h2-5H2,1H3. The van der Waals surface area contributed by atoms with Crippen molar-refractivity contribution < 1.29 is 4.79 Å². The first-order chi connectivity index (χ1) is 5.59. The van der Waals surface area contributed by atoms with E-state index in [-0.39, 0.29) is 5.78 Å². The summed E-state index contributed by atoms with van der Waals surface area (Å²) in [4.78, 5) is 11.3. The number of carbonyl (C=O) groups excluding carboxylic acids is 1. The van der Waals surface area contributed by atoms with Gasteiger partial charge in [-0.1, -0.05) is 19.8 Å². The Bertz CT molecular complexity index is 183. The van der Waals surface area contributed by atoms with Crippen LogP contribution in [0.1, 0.15) is 32.6 Å². The van der Waals surface area contributed by atoms with Crippen LogP contribution in [-0.2, 0) is 4.79 Å². The van der Waals surface area contributed by atoms with Crippen molar-refractivity contribution in [3.63, 3.8) is 0 Å². The normalized spacial score (nSPS) is 9.67. The number of allylic oxidation sites excluding steroid dienone is 1. The fourth-order valence-electron chi connectivity index (χ4n) is 0.751. The van der Waals surface area contributed by atoms with Gasteiger partial charge >= 0.3 is 0 Å². The number of ketones is 1. The van der Waals surface area contributed by atoms with Gasteiger partial charge in [0.15, 0.2) is 5.78 Å². The number of Topliss-reactive ketones (excluding diaryl/α,β-unsaturated/α-hetero) is 1. The smallest absolute Gasteiger partial charge is 0.171 e. The first-order valence-electron chi connectivity index (χ1n) is 3.83. The predicted molar refractivity (Wildman–Crippen MR) is 63.0 cm³/mol. The van der Waals surface area contributed by atoms with Crippen molar-refractivity contribution in [1.82, 2.24) is 0 Å². The number of hydrogen-bond acceptors (Lipinski definition) is 1. The fraction of sp³-hybridized carbons (Fsp3) is 0.625. The molecule has 0 aliphatic heterocycles. The van der Waals surface area contributed by atoms with Crippen LogP contribution in [0.4, 0.5) is 0 Å². The lowest BCUT2D eigenvalue weighted by Gasteiger charge is -1.98. The minimum absolute atomic E-state index is 0.146. The minimum Gasteiger partial charge on any atom is -0.294 e. The van der Waals surface area contributed by atoms with Gasteiger partial charge in [0, 0.05) is 6.42 Å². The molecule has 0 radical (unpaired) electrons. The average Bonchev–Trinajstić information content (AvgIpc) is 2.03. The van der Waals surface area contributed by atoms with E-state index in [1.807, 2.05) is 0 Å². The second-order valence-corrected chi connectivity index (χ2v) is 5.90. The van der Waals surface area contributed by atoms with E-state index in [9.17, 15) is 4.79 Å². The third-order valence-corrected chi connectivity index (χ3v) is 4.11. The SMILES string of the molecule is CCCCCC(=O)C(Br)=C(Br)Br. The molecule has 0 aliphatic rings. The molecule has 0 bridgehead atoms. The summed E-state index contributed by atoms with van der Waals surface area (Å²) in [6, 6.07) is 0. The van der Waals surface area contributed by atoms with E-state index in [4.69, 9.17) is 0 Å². The molecule has 4 heteroatoms. The Labute approximate surface area is 98.4 Å². The molecule has 0 saturated heterocycles. The summed E-state index contributed by atoms with van der Waals surface area (Å²) >= 11 is 9.55. The Kier molecular flexibility index (Phi) is 7.79. The topological polar surface area (TPSA) is 17.1 Å². The highest BCUT2D eigenvalue weighted by atomic mass is 79.9. The molecule has 0 saturated carbocycles. The lowest BCUT2D eigenvalue weighted by atomic mass is 10.1. The van der Waals surface area contributed by atoms with E-state index in [0.29, 0.717) is 14.3 Å². The summed E-state index contributed by atoms with van der Waals surface area (Å²) in [7, 11) is 0. The van der Waals surface area contributed by atoms with Gasteiger partial charge in [-0.15, -0.1) is 0 Å². The molecule has 0 rings (SSSR count). The van der Waals surface area contributed by atoms with Gasteiger partial charge in [0.1, 0.15) is 0 Å². The Morgan fingerprint density at radius 2 is 1.75 bits per heavy atom. The Morgan fingerprint density at radius 1 is 1.17 bits per heavy atom. The van der Waals surface area contributed by atoms with Crippen LogP contribution in [0.5, 0.6) is 0 Å². The molecule has 0 heterocycles. The van der Waals surface area contributed by atoms with E-state index in [1.54, 1.807) is 0 Å². The van der Waals surface area contributed by atoms with Crippen LogP contribution in [-0.4, -0.2) is 5.78 Å². The van der Waals surface area contributed by atoms with Crippen LogP contribution in [0.3, 0.4) is 0 Å². The number of unbranched alkanes of at least 4 members (excludes halogenated alkanes) is 2. The molecule has 12 heavy (non-hydrogen) atoms. The second-order valence-electron chi connectivity index (χ2n) is 2.45. The molecule has 0 atom stereocenters. The summed E-state index contributed by atoms with van der Waals surface area (Å²) in [5.74, 6) is 0.146. The maximum atomic E-state index is 11.3. The summed E-state index contributed by atoms with van der Waals surface area (Å²) in [6.07, 6.45) is 3.85. The molecule has 1 nitrogen and oxygen atoms in total. The number of hydrogen-bond donors (Lipinski definition) is 0. The van der Waals surface area contributed by atoms with Crippen LogP contribution in [0, 0.1) is 0 Å². The van der Waals surface area contributed by atoms with Crippen LogP contribution in [0.15, 0.2) is 7.87 Å². The molecule has 0 aromatic carbocycles. The van der Waals surface area contributed by atoms with Gasteiger partial charge in [0.25, 0.3) is 0 Å². The molecule has 0 aromatic heterocycles. The van der Waals surface area contributed by atoms with E-state index in [1.165, 1.54) is 0 Å². The first-order valence-corrected chi connectivity index (χ1v) is 6.21. The summed E-state index contributed by atoms with van der Waals surface area (Å²) in [6.45, 7) is 2.12. The number of halogens is 3. The summed E-state index contributed by atoms with van der Waals surface area (Å²) < 4.78 is 1.29. The van der Waals surface area contributed by atoms with Gasteiger partial charge in [-0.25, -0.2) is 0 Å². The van der Waals surface area contributed by atoms with E-state index in [2.05, 4.69) is 54.7 Å². The molecule has 70 valence electrons. The monoisotopic (exact) mass is 360 g/mol. The molecule has 0 spiro atoms. The van der Waals surface area contributed by atoms with Gasteiger partial charge in [0.2, 0.25) is 0 Å². The zero-order chi connectivity index (χ0) is 9.56. The first kappa shape index (κ1) is 12.8. The van der Waals surface area contributed by atoms with Crippen molar-refractivity contribution in [3.8, 4) is 0 Å². The van der Waals surface area contributed by atoms with Crippen molar-refractivity contribution in [2.24, 2.45) is 0 Å². The van der Waals surface area contributed by atoms with Crippen LogP contribution < -0.4 is 0 Å². The van der Waals surface area contributed by atoms with Gasteiger partial charge in [-0.3, -0.25) is 4.79 Å². The lowest BCUT2D eigenvalue weighted by Crippen LogP contribution is -1.97. The van der Waals surface area contributed by atoms with Gasteiger partial charge in [-0.2, -0.15) is 0 Å². The van der Waals surface area contributed by atoms with Crippen molar-refractivity contribution in [3.05, 3.63) is 7.87 Å². The minimum atomic E-state index is 0.146. The number of carbonyl (C=O) groups is 1. The van der Waals surface area contributed by atoms with Crippen LogP contribution >= 0.6 is 47.8 Å². The fourth-order valence-corrected chi connectivity index (χ4v) is 1.39. The Hall–Kier alpha value is 0.850. The average molecular weight is 363 g/mol. The van der Waals surface area contributed by atoms with Gasteiger partial charge in [-0.05, 0) is 54.2 Å². The van der Waals surface area contributed by atoms with Crippen molar-refractivity contribution in [2.75, 3.05) is 0 Å². The predicted octanol–water partition coefficient (Wildman–Crippen LogP) is 4.49. The molecule has 0 N–H and O–H groups in total. The van der Waals surface area contributed by atoms with E-state index in [0.717, 1.165) is 19.3 Å². The largest absolute Gasteiger partial charge is 0.294 e. The van der Waals surface area contributed by atoms with Crippen molar-refractivity contribution in [1.29, 1.82) is 0 Å². The van der Waals surface area contributed by atoms with Crippen LogP contribution in [0.2, 0.25) is 0 Å². The zero-order valence-electron chi connectivity index (χ0n) is 6.87. The van der Waals surface area contributed by atoms with Crippen LogP contribution in [0.25, 0.3) is 0 Å². The zero-order valence-corrected chi connectivity index (χ0v) is 11.6. The highest BCUT2D eigenvalue weighted by Crippen LogP contribution is 2.25. The third kappa shape index (κ3) is 5.49. The second kappa shape index (κ2) is 7.27. The molecule has 0 aliphatic carbocycles. The van der Waals surface area contributed by atoms with E-state index < -0.39 is 0 Å². The van der Waals surface area contributed by atoms with Gasteiger partial charge in [0.05, 0.1) is 7.87 Å². The summed E-state index contributed by atoms with van der Waals surface area (Å²) in [5.41, 5.74) is 0. The summed E-state index contributed by atoms with van der Waals surface area (Å²) in [5, 5.41) is 0. The maximum absolute atomic E-state index is 11.3. The highest BCUT2D eigenvalue weighted by molar-refractivity contribution is 9.29. The lowest BCUT2D eigenvalue weighted by molar-refractivity contribution is -0.114. The van der Waals surface area contributed by atoms with Gasteiger partial charge < -0.3 is 0 Å². The number of rotatable bonds is 5.